The van der Waals surface area contributed by atoms with E-state index in [-0.39, 0.29) is 5.91 Å². The fourth-order valence-electron chi connectivity index (χ4n) is 3.29. The summed E-state index contributed by atoms with van der Waals surface area (Å²) in [6.07, 6.45) is 8.06. The molecule has 2 heteroatoms. The second-order valence-corrected chi connectivity index (χ2v) is 5.51. The molecule has 1 fully saturated rings. The molecule has 1 saturated carbocycles. The van der Waals surface area contributed by atoms with Gasteiger partial charge in [0.05, 0.1) is 0 Å². The Balaban J connectivity index is 1.81. The highest BCUT2D eigenvalue weighted by Gasteiger charge is 2.39. The number of hydrogen-bond acceptors (Lipinski definition) is 1. The van der Waals surface area contributed by atoms with Crippen molar-refractivity contribution < 1.29 is 4.79 Å². The van der Waals surface area contributed by atoms with Crippen molar-refractivity contribution in [2.45, 2.75) is 25.4 Å². The Morgan fingerprint density at radius 3 is 2.79 bits per heavy atom. The van der Waals surface area contributed by atoms with Crippen molar-refractivity contribution in [2.24, 2.45) is 11.8 Å². The zero-order chi connectivity index (χ0) is 13.2. The lowest BCUT2D eigenvalue weighted by Crippen LogP contribution is -2.43. The molecule has 3 rings (SSSR count). The van der Waals surface area contributed by atoms with Crippen molar-refractivity contribution in [3.05, 3.63) is 60.7 Å². The summed E-state index contributed by atoms with van der Waals surface area (Å²) in [5, 5.41) is 0. The summed E-state index contributed by atoms with van der Waals surface area (Å²) < 4.78 is 0. The minimum Gasteiger partial charge on any atom is -0.331 e. The summed E-state index contributed by atoms with van der Waals surface area (Å²) >= 11 is 0. The summed E-state index contributed by atoms with van der Waals surface area (Å²) in [6.45, 7) is 4.62. The summed E-state index contributed by atoms with van der Waals surface area (Å²) in [6, 6.07) is 10.6. The summed E-state index contributed by atoms with van der Waals surface area (Å²) in [5.74, 6) is 1.20. The molecular formula is C17H19NO. The van der Waals surface area contributed by atoms with Crippen LogP contribution in [0.2, 0.25) is 0 Å². The average molecular weight is 253 g/mol. The quantitative estimate of drug-likeness (QED) is 0.758. The van der Waals surface area contributed by atoms with E-state index in [2.05, 4.69) is 24.8 Å². The number of benzene rings is 1. The van der Waals surface area contributed by atoms with Crippen LogP contribution in [-0.4, -0.2) is 16.8 Å². The Hall–Kier alpha value is -1.83. The smallest absolute Gasteiger partial charge is 0.246 e. The molecule has 1 amide bonds. The van der Waals surface area contributed by atoms with Crippen LogP contribution in [0.3, 0.4) is 0 Å². The first-order valence-electron chi connectivity index (χ1n) is 6.93. The highest BCUT2D eigenvalue weighted by molar-refractivity contribution is 5.89. The fraction of sp³-hybridized carbons (Fsp3) is 0.353. The third-order valence-electron chi connectivity index (χ3n) is 4.31. The maximum absolute atomic E-state index is 12.1. The molecule has 2 nitrogen and oxygen atoms in total. The van der Waals surface area contributed by atoms with Gasteiger partial charge in [-0.15, -0.1) is 6.58 Å². The predicted octanol–water partition coefficient (Wildman–Crippen LogP) is 3.17. The lowest BCUT2D eigenvalue weighted by molar-refractivity contribution is -0.130. The first-order chi connectivity index (χ1) is 9.28. The number of amides is 1. The van der Waals surface area contributed by atoms with Crippen LogP contribution < -0.4 is 0 Å². The lowest BCUT2D eigenvalue weighted by atomic mass is 9.97. The third-order valence-corrected chi connectivity index (χ3v) is 4.31. The minimum absolute atomic E-state index is 0.148. The monoisotopic (exact) mass is 253 g/mol. The molecule has 0 aromatic heterocycles. The molecule has 1 heterocycles. The molecule has 0 saturated heterocycles. The van der Waals surface area contributed by atoms with E-state index in [9.17, 15) is 4.79 Å². The van der Waals surface area contributed by atoms with Gasteiger partial charge in [0.25, 0.3) is 0 Å². The number of rotatable bonds is 3. The van der Waals surface area contributed by atoms with Gasteiger partial charge >= 0.3 is 0 Å². The van der Waals surface area contributed by atoms with Crippen LogP contribution in [0.25, 0.3) is 0 Å². The van der Waals surface area contributed by atoms with Crippen LogP contribution in [-0.2, 0) is 11.3 Å². The third kappa shape index (κ3) is 2.35. The maximum Gasteiger partial charge on any atom is 0.246 e. The molecule has 1 aliphatic heterocycles. The van der Waals surface area contributed by atoms with E-state index in [0.717, 1.165) is 19.4 Å². The Labute approximate surface area is 114 Å². The van der Waals surface area contributed by atoms with E-state index < -0.39 is 0 Å². The fourth-order valence-corrected chi connectivity index (χ4v) is 3.29. The van der Waals surface area contributed by atoms with Gasteiger partial charge < -0.3 is 4.90 Å². The highest BCUT2D eigenvalue weighted by atomic mass is 16.2. The van der Waals surface area contributed by atoms with Crippen molar-refractivity contribution in [1.29, 1.82) is 0 Å². The van der Waals surface area contributed by atoms with Crippen LogP contribution in [0.15, 0.2) is 55.1 Å². The Morgan fingerprint density at radius 2 is 2.05 bits per heavy atom. The molecular weight excluding hydrogens is 234 g/mol. The van der Waals surface area contributed by atoms with Crippen LogP contribution in [0.4, 0.5) is 0 Å². The van der Waals surface area contributed by atoms with E-state index in [0.29, 0.717) is 17.9 Å². The predicted molar refractivity (Wildman–Crippen MR) is 76.3 cm³/mol. The highest BCUT2D eigenvalue weighted by Crippen LogP contribution is 2.38. The van der Waals surface area contributed by atoms with Gasteiger partial charge in [-0.05, 0) is 36.3 Å². The van der Waals surface area contributed by atoms with E-state index in [4.69, 9.17) is 0 Å². The Morgan fingerprint density at radius 1 is 1.26 bits per heavy atom. The first kappa shape index (κ1) is 12.2. The topological polar surface area (TPSA) is 20.3 Å². The van der Waals surface area contributed by atoms with Crippen LogP contribution in [0.1, 0.15) is 18.4 Å². The second-order valence-electron chi connectivity index (χ2n) is 5.51. The van der Waals surface area contributed by atoms with Crippen LogP contribution in [0, 0.1) is 11.8 Å². The minimum atomic E-state index is 0.148. The Bertz CT molecular complexity index is 505. The number of allylic oxidation sites excluding steroid dienone is 1. The number of nitrogens with zero attached hydrogens (tertiary/aromatic N) is 1. The van der Waals surface area contributed by atoms with Crippen molar-refractivity contribution in [2.75, 3.05) is 0 Å². The standard InChI is InChI=1S/C17H19NO/c1-2-13-10-15-8-9-17(19)18(16(15)11-13)12-14-6-4-3-5-7-14/h2-9,13,15-16H,1,10-12H2/t13-,15+,16-/m0/s1. The molecule has 0 N–H and O–H groups in total. The molecule has 2 aliphatic rings. The van der Waals surface area contributed by atoms with E-state index in [1.807, 2.05) is 29.2 Å². The number of hydrogen-bond donors (Lipinski definition) is 0. The van der Waals surface area contributed by atoms with Gasteiger partial charge in [-0.2, -0.15) is 0 Å². The molecule has 0 radical (unpaired) electrons. The first-order valence-corrected chi connectivity index (χ1v) is 6.93. The molecule has 98 valence electrons. The number of carbonyl (C=O) groups is 1. The molecule has 0 spiro atoms. The number of carbonyl (C=O) groups excluding carboxylic acids is 1. The van der Waals surface area contributed by atoms with Gasteiger partial charge in [-0.1, -0.05) is 42.5 Å². The summed E-state index contributed by atoms with van der Waals surface area (Å²) in [4.78, 5) is 14.2. The SMILES string of the molecule is C=C[C@H]1C[C@H]2C=CC(=O)N(Cc3ccccc3)[C@H]2C1. The molecule has 0 bridgehead atoms. The normalized spacial score (nSPS) is 29.4. The van der Waals surface area contributed by atoms with E-state index in [1.54, 1.807) is 6.08 Å². The molecule has 1 aromatic carbocycles. The molecule has 1 aromatic rings. The molecule has 1 aliphatic carbocycles. The van der Waals surface area contributed by atoms with E-state index in [1.165, 1.54) is 5.56 Å². The Kier molecular flexibility index (Phi) is 3.24. The van der Waals surface area contributed by atoms with Gasteiger partial charge in [0.15, 0.2) is 0 Å². The largest absolute Gasteiger partial charge is 0.331 e. The second kappa shape index (κ2) is 5.04. The van der Waals surface area contributed by atoms with Crippen molar-refractivity contribution in [1.82, 2.24) is 4.90 Å². The average Bonchev–Trinajstić information content (AvgIpc) is 2.87. The van der Waals surface area contributed by atoms with Crippen molar-refractivity contribution in [3.63, 3.8) is 0 Å². The van der Waals surface area contributed by atoms with Crippen LogP contribution in [0.5, 0.6) is 0 Å². The van der Waals surface area contributed by atoms with Crippen LogP contribution >= 0.6 is 0 Å². The zero-order valence-corrected chi connectivity index (χ0v) is 11.0. The van der Waals surface area contributed by atoms with Gasteiger partial charge in [0, 0.05) is 12.6 Å². The molecule has 3 atom stereocenters. The molecule has 0 unspecified atom stereocenters. The van der Waals surface area contributed by atoms with Gasteiger partial charge in [0.1, 0.15) is 0 Å². The zero-order valence-electron chi connectivity index (χ0n) is 11.0. The van der Waals surface area contributed by atoms with Gasteiger partial charge in [0.2, 0.25) is 5.91 Å². The maximum atomic E-state index is 12.1. The summed E-state index contributed by atoms with van der Waals surface area (Å²) in [5.41, 5.74) is 1.20. The summed E-state index contributed by atoms with van der Waals surface area (Å²) in [7, 11) is 0. The lowest BCUT2D eigenvalue weighted by Gasteiger charge is -2.34. The number of fused-ring (bicyclic) bond motifs is 1. The van der Waals surface area contributed by atoms with Gasteiger partial charge in [-0.3, -0.25) is 4.79 Å². The van der Waals surface area contributed by atoms with Gasteiger partial charge in [-0.25, -0.2) is 0 Å². The molecule has 19 heavy (non-hydrogen) atoms. The van der Waals surface area contributed by atoms with Crippen molar-refractivity contribution in [3.8, 4) is 0 Å². The van der Waals surface area contributed by atoms with E-state index >= 15 is 0 Å². The van der Waals surface area contributed by atoms with Crippen molar-refractivity contribution >= 4 is 5.91 Å².